The summed E-state index contributed by atoms with van der Waals surface area (Å²) < 4.78 is 5.09. The van der Waals surface area contributed by atoms with Crippen LogP contribution in [0.2, 0.25) is 0 Å². The van der Waals surface area contributed by atoms with Gasteiger partial charge < -0.3 is 9.84 Å². The van der Waals surface area contributed by atoms with Crippen LogP contribution in [0.4, 0.5) is 0 Å². The summed E-state index contributed by atoms with van der Waals surface area (Å²) in [6.45, 7) is 4.12. The number of phenols is 1. The highest BCUT2D eigenvalue weighted by atomic mass is 16.5. The maximum atomic E-state index is 10.0. The summed E-state index contributed by atoms with van der Waals surface area (Å²) >= 11 is 0. The molecule has 1 N–H and O–H groups in total. The molecule has 94 valence electrons. The second-order valence-corrected chi connectivity index (χ2v) is 4.52. The molecule has 0 amide bonds. The van der Waals surface area contributed by atoms with Crippen molar-refractivity contribution in [1.29, 1.82) is 0 Å². The molecular weight excluding hydrogens is 226 g/mol. The van der Waals surface area contributed by atoms with Gasteiger partial charge >= 0.3 is 0 Å². The molecule has 0 aliphatic rings. The standard InChI is InChI=1S/C15H17NO2/c1-10(2)13-5-4-11(8-14(13)17)12-6-7-16-15(9-12)18-3/h4-10,17H,1-3H3. The lowest BCUT2D eigenvalue weighted by Gasteiger charge is -2.10. The van der Waals surface area contributed by atoms with E-state index in [0.29, 0.717) is 17.5 Å². The highest BCUT2D eigenvalue weighted by molar-refractivity contribution is 5.66. The Hall–Kier alpha value is -2.03. The number of aromatic nitrogens is 1. The van der Waals surface area contributed by atoms with Gasteiger partial charge in [-0.3, -0.25) is 0 Å². The lowest BCUT2D eigenvalue weighted by atomic mass is 9.98. The fourth-order valence-corrected chi connectivity index (χ4v) is 1.91. The monoisotopic (exact) mass is 243 g/mol. The zero-order chi connectivity index (χ0) is 13.1. The van der Waals surface area contributed by atoms with Crippen LogP contribution in [0, 0.1) is 0 Å². The minimum Gasteiger partial charge on any atom is -0.508 e. The number of aromatic hydroxyl groups is 1. The van der Waals surface area contributed by atoms with E-state index in [1.54, 1.807) is 19.4 Å². The van der Waals surface area contributed by atoms with Crippen LogP contribution in [-0.2, 0) is 0 Å². The zero-order valence-electron chi connectivity index (χ0n) is 10.8. The Morgan fingerprint density at radius 1 is 1.11 bits per heavy atom. The largest absolute Gasteiger partial charge is 0.508 e. The summed E-state index contributed by atoms with van der Waals surface area (Å²) in [6.07, 6.45) is 1.70. The Labute approximate surface area is 107 Å². The average Bonchev–Trinajstić information content (AvgIpc) is 2.38. The van der Waals surface area contributed by atoms with Gasteiger partial charge in [0.1, 0.15) is 5.75 Å². The van der Waals surface area contributed by atoms with E-state index >= 15 is 0 Å². The number of methoxy groups -OCH3 is 1. The van der Waals surface area contributed by atoms with Gasteiger partial charge in [-0.1, -0.05) is 26.0 Å². The summed E-state index contributed by atoms with van der Waals surface area (Å²) in [5, 5.41) is 10.0. The lowest BCUT2D eigenvalue weighted by Crippen LogP contribution is -1.90. The maximum absolute atomic E-state index is 10.0. The Morgan fingerprint density at radius 2 is 1.83 bits per heavy atom. The molecule has 0 fully saturated rings. The molecule has 1 heterocycles. The summed E-state index contributed by atoms with van der Waals surface area (Å²) in [7, 11) is 1.59. The molecule has 0 saturated heterocycles. The van der Waals surface area contributed by atoms with E-state index in [0.717, 1.165) is 16.7 Å². The third kappa shape index (κ3) is 2.45. The molecule has 0 radical (unpaired) electrons. The van der Waals surface area contributed by atoms with E-state index in [4.69, 9.17) is 4.74 Å². The Kier molecular flexibility index (Phi) is 3.51. The third-order valence-corrected chi connectivity index (χ3v) is 2.93. The van der Waals surface area contributed by atoms with Crippen molar-refractivity contribution in [3.63, 3.8) is 0 Å². The molecule has 1 aromatic heterocycles. The van der Waals surface area contributed by atoms with Crippen molar-refractivity contribution in [2.45, 2.75) is 19.8 Å². The smallest absolute Gasteiger partial charge is 0.213 e. The van der Waals surface area contributed by atoms with Crippen LogP contribution in [-0.4, -0.2) is 17.2 Å². The van der Waals surface area contributed by atoms with Crippen molar-refractivity contribution in [3.8, 4) is 22.8 Å². The SMILES string of the molecule is COc1cc(-c2ccc(C(C)C)c(O)c2)ccn1. The first-order valence-electron chi connectivity index (χ1n) is 5.95. The van der Waals surface area contributed by atoms with Gasteiger partial charge in [0.25, 0.3) is 0 Å². The van der Waals surface area contributed by atoms with Crippen molar-refractivity contribution < 1.29 is 9.84 Å². The molecule has 2 rings (SSSR count). The van der Waals surface area contributed by atoms with Gasteiger partial charge in [0, 0.05) is 12.3 Å². The van der Waals surface area contributed by atoms with Crippen molar-refractivity contribution in [2.75, 3.05) is 7.11 Å². The summed E-state index contributed by atoms with van der Waals surface area (Å²) in [5.41, 5.74) is 2.89. The van der Waals surface area contributed by atoms with Crippen LogP contribution < -0.4 is 4.74 Å². The van der Waals surface area contributed by atoms with Crippen molar-refractivity contribution in [2.24, 2.45) is 0 Å². The predicted octanol–water partition coefficient (Wildman–Crippen LogP) is 3.59. The Balaban J connectivity index is 2.42. The van der Waals surface area contributed by atoms with E-state index < -0.39 is 0 Å². The molecule has 0 saturated carbocycles. The van der Waals surface area contributed by atoms with E-state index in [-0.39, 0.29) is 0 Å². The topological polar surface area (TPSA) is 42.4 Å². The van der Waals surface area contributed by atoms with Crippen LogP contribution in [0.5, 0.6) is 11.6 Å². The number of hydrogen-bond acceptors (Lipinski definition) is 3. The van der Waals surface area contributed by atoms with E-state index in [1.807, 2.05) is 24.3 Å². The zero-order valence-corrected chi connectivity index (χ0v) is 10.8. The Morgan fingerprint density at radius 3 is 2.44 bits per heavy atom. The highest BCUT2D eigenvalue weighted by Crippen LogP contribution is 2.31. The molecule has 2 aromatic rings. The molecule has 3 nitrogen and oxygen atoms in total. The van der Waals surface area contributed by atoms with Gasteiger partial charge in [-0.05, 0) is 34.7 Å². The first-order valence-corrected chi connectivity index (χ1v) is 5.95. The van der Waals surface area contributed by atoms with Crippen molar-refractivity contribution >= 4 is 0 Å². The van der Waals surface area contributed by atoms with Crippen molar-refractivity contribution in [3.05, 3.63) is 42.1 Å². The number of ether oxygens (including phenoxy) is 1. The normalized spacial score (nSPS) is 10.7. The summed E-state index contributed by atoms with van der Waals surface area (Å²) in [4.78, 5) is 4.07. The number of nitrogens with zero attached hydrogens (tertiary/aromatic N) is 1. The number of hydrogen-bond donors (Lipinski definition) is 1. The number of pyridine rings is 1. The Bertz CT molecular complexity index is 550. The average molecular weight is 243 g/mol. The second-order valence-electron chi connectivity index (χ2n) is 4.52. The molecule has 0 spiro atoms. The fourth-order valence-electron chi connectivity index (χ4n) is 1.91. The quantitative estimate of drug-likeness (QED) is 0.895. The van der Waals surface area contributed by atoms with Gasteiger partial charge in [-0.2, -0.15) is 0 Å². The van der Waals surface area contributed by atoms with Crippen molar-refractivity contribution in [1.82, 2.24) is 4.98 Å². The summed E-state index contributed by atoms with van der Waals surface area (Å²) in [6, 6.07) is 9.49. The van der Waals surface area contributed by atoms with E-state index in [9.17, 15) is 5.11 Å². The molecular formula is C15H17NO2. The first-order chi connectivity index (χ1) is 8.61. The first kappa shape index (κ1) is 12.4. The minimum atomic E-state index is 0.311. The summed E-state index contributed by atoms with van der Waals surface area (Å²) in [5.74, 6) is 1.21. The second kappa shape index (κ2) is 5.08. The number of benzene rings is 1. The molecule has 0 bridgehead atoms. The van der Waals surface area contributed by atoms with Gasteiger partial charge in [-0.25, -0.2) is 4.98 Å². The van der Waals surface area contributed by atoms with Crippen LogP contribution >= 0.6 is 0 Å². The molecule has 0 unspecified atom stereocenters. The van der Waals surface area contributed by atoms with Crippen LogP contribution in [0.15, 0.2) is 36.5 Å². The van der Waals surface area contributed by atoms with Gasteiger partial charge in [0.2, 0.25) is 5.88 Å². The maximum Gasteiger partial charge on any atom is 0.213 e. The third-order valence-electron chi connectivity index (χ3n) is 2.93. The minimum absolute atomic E-state index is 0.311. The molecule has 0 atom stereocenters. The van der Waals surface area contributed by atoms with Crippen LogP contribution in [0.1, 0.15) is 25.3 Å². The van der Waals surface area contributed by atoms with E-state index in [1.165, 1.54) is 0 Å². The van der Waals surface area contributed by atoms with Crippen LogP contribution in [0.3, 0.4) is 0 Å². The van der Waals surface area contributed by atoms with E-state index in [2.05, 4.69) is 18.8 Å². The fraction of sp³-hybridized carbons (Fsp3) is 0.267. The number of rotatable bonds is 3. The molecule has 0 aliphatic heterocycles. The van der Waals surface area contributed by atoms with Gasteiger partial charge in [-0.15, -0.1) is 0 Å². The molecule has 0 aliphatic carbocycles. The van der Waals surface area contributed by atoms with Gasteiger partial charge in [0.05, 0.1) is 7.11 Å². The molecule has 3 heteroatoms. The van der Waals surface area contributed by atoms with Gasteiger partial charge in [0.15, 0.2) is 0 Å². The molecule has 18 heavy (non-hydrogen) atoms. The molecule has 1 aromatic carbocycles. The van der Waals surface area contributed by atoms with Crippen LogP contribution in [0.25, 0.3) is 11.1 Å². The number of phenolic OH excluding ortho intramolecular Hbond substituents is 1. The predicted molar refractivity (Wildman–Crippen MR) is 72.0 cm³/mol. The lowest BCUT2D eigenvalue weighted by molar-refractivity contribution is 0.398. The highest BCUT2D eigenvalue weighted by Gasteiger charge is 2.08.